The van der Waals surface area contributed by atoms with Crippen molar-refractivity contribution in [2.24, 2.45) is 5.92 Å². The summed E-state index contributed by atoms with van der Waals surface area (Å²) in [4.78, 5) is 15.9. The molecular weight excluding hydrogens is 280 g/mol. The molecule has 1 amide bonds. The van der Waals surface area contributed by atoms with Gasteiger partial charge in [0.25, 0.3) is 5.91 Å². The van der Waals surface area contributed by atoms with Crippen molar-refractivity contribution in [3.8, 4) is 0 Å². The van der Waals surface area contributed by atoms with Crippen LogP contribution in [-0.2, 0) is 0 Å². The molecule has 0 aromatic carbocycles. The van der Waals surface area contributed by atoms with E-state index in [0.717, 1.165) is 18.9 Å². The summed E-state index contributed by atoms with van der Waals surface area (Å²) in [7, 11) is 0. The predicted octanol–water partition coefficient (Wildman–Crippen LogP) is 3.15. The molecule has 1 aliphatic rings. The van der Waals surface area contributed by atoms with Gasteiger partial charge in [0, 0.05) is 12.7 Å². The second-order valence-corrected chi connectivity index (χ2v) is 5.29. The minimum Gasteiger partial charge on any atom is -0.352 e. The molecule has 0 aliphatic heterocycles. The third-order valence-corrected chi connectivity index (χ3v) is 3.95. The number of nitrogens with zero attached hydrogens (tertiary/aromatic N) is 1. The fraction of sp³-hybridized carbons (Fsp3) is 0.538. The van der Waals surface area contributed by atoms with Crippen LogP contribution in [0.1, 0.15) is 42.5 Å². The molecule has 92 valence electrons. The lowest BCUT2D eigenvalue weighted by Gasteiger charge is -2.10. The standard InChI is InChI=1S/C13H17BrN2O/c14-12-11(6-3-8-15-12)13(17)16-9-7-10-4-1-2-5-10/h3,6,8,10H,1-2,4-5,7,9H2,(H,16,17). The second-order valence-electron chi connectivity index (χ2n) is 4.54. The summed E-state index contributed by atoms with van der Waals surface area (Å²) in [5.74, 6) is 0.774. The summed E-state index contributed by atoms with van der Waals surface area (Å²) in [6, 6.07) is 3.55. The van der Waals surface area contributed by atoms with Gasteiger partial charge in [0.1, 0.15) is 4.60 Å². The van der Waals surface area contributed by atoms with Crippen molar-refractivity contribution >= 4 is 21.8 Å². The first kappa shape index (κ1) is 12.6. The van der Waals surface area contributed by atoms with E-state index in [0.29, 0.717) is 10.2 Å². The quantitative estimate of drug-likeness (QED) is 0.867. The molecule has 1 saturated carbocycles. The number of rotatable bonds is 4. The maximum absolute atomic E-state index is 11.9. The number of hydrogen-bond acceptors (Lipinski definition) is 2. The van der Waals surface area contributed by atoms with Crippen molar-refractivity contribution in [3.05, 3.63) is 28.5 Å². The third-order valence-electron chi connectivity index (χ3n) is 3.32. The highest BCUT2D eigenvalue weighted by Crippen LogP contribution is 2.26. The van der Waals surface area contributed by atoms with Crippen molar-refractivity contribution in [2.45, 2.75) is 32.1 Å². The minimum absolute atomic E-state index is 0.0389. The summed E-state index contributed by atoms with van der Waals surface area (Å²) in [6.07, 6.45) is 8.13. The number of nitrogens with one attached hydrogen (secondary N) is 1. The summed E-state index contributed by atoms with van der Waals surface area (Å²) < 4.78 is 0.610. The molecule has 1 aromatic rings. The van der Waals surface area contributed by atoms with Gasteiger partial charge in [-0.15, -0.1) is 0 Å². The maximum Gasteiger partial charge on any atom is 0.254 e. The largest absolute Gasteiger partial charge is 0.352 e. The average molecular weight is 297 g/mol. The smallest absolute Gasteiger partial charge is 0.254 e. The van der Waals surface area contributed by atoms with Crippen molar-refractivity contribution in [1.82, 2.24) is 10.3 Å². The molecule has 0 bridgehead atoms. The lowest BCUT2D eigenvalue weighted by molar-refractivity contribution is 0.0950. The van der Waals surface area contributed by atoms with Gasteiger partial charge in [0.05, 0.1) is 5.56 Å². The third kappa shape index (κ3) is 3.53. The maximum atomic E-state index is 11.9. The predicted molar refractivity (Wildman–Crippen MR) is 70.8 cm³/mol. The molecule has 0 atom stereocenters. The van der Waals surface area contributed by atoms with Crippen molar-refractivity contribution < 1.29 is 4.79 Å². The molecule has 0 saturated heterocycles. The molecule has 1 aliphatic carbocycles. The molecule has 2 rings (SSSR count). The Hall–Kier alpha value is -0.900. The van der Waals surface area contributed by atoms with Crippen LogP contribution in [0.2, 0.25) is 0 Å². The van der Waals surface area contributed by atoms with Crippen LogP contribution in [0.4, 0.5) is 0 Å². The number of aromatic nitrogens is 1. The van der Waals surface area contributed by atoms with E-state index < -0.39 is 0 Å². The summed E-state index contributed by atoms with van der Waals surface area (Å²) in [5, 5.41) is 2.96. The van der Waals surface area contributed by atoms with Gasteiger partial charge in [-0.05, 0) is 40.4 Å². The molecule has 4 heteroatoms. The van der Waals surface area contributed by atoms with E-state index >= 15 is 0 Å². The second kappa shape index (κ2) is 6.15. The first-order chi connectivity index (χ1) is 8.27. The fourth-order valence-electron chi connectivity index (χ4n) is 2.34. The van der Waals surface area contributed by atoms with Gasteiger partial charge >= 0.3 is 0 Å². The molecular formula is C13H17BrN2O. The zero-order valence-corrected chi connectivity index (χ0v) is 11.4. The Morgan fingerprint density at radius 2 is 2.24 bits per heavy atom. The van der Waals surface area contributed by atoms with E-state index in [1.165, 1.54) is 25.7 Å². The molecule has 1 fully saturated rings. The fourth-order valence-corrected chi connectivity index (χ4v) is 2.77. The Morgan fingerprint density at radius 3 is 2.94 bits per heavy atom. The van der Waals surface area contributed by atoms with E-state index in [1.54, 1.807) is 18.3 Å². The van der Waals surface area contributed by atoms with Crippen LogP contribution in [0.3, 0.4) is 0 Å². The van der Waals surface area contributed by atoms with Gasteiger partial charge in [0.15, 0.2) is 0 Å². The van der Waals surface area contributed by atoms with Crippen molar-refractivity contribution in [3.63, 3.8) is 0 Å². The molecule has 1 aromatic heterocycles. The van der Waals surface area contributed by atoms with Gasteiger partial charge in [-0.3, -0.25) is 4.79 Å². The van der Waals surface area contributed by atoms with Crippen LogP contribution < -0.4 is 5.32 Å². The first-order valence-corrected chi connectivity index (χ1v) is 6.95. The molecule has 0 unspecified atom stereocenters. The highest BCUT2D eigenvalue weighted by atomic mass is 79.9. The number of carbonyl (C=O) groups excluding carboxylic acids is 1. The lowest BCUT2D eigenvalue weighted by Crippen LogP contribution is -2.26. The number of halogens is 1. The van der Waals surface area contributed by atoms with E-state index in [9.17, 15) is 4.79 Å². The van der Waals surface area contributed by atoms with Gasteiger partial charge < -0.3 is 5.32 Å². The average Bonchev–Trinajstić information content (AvgIpc) is 2.82. The number of carbonyl (C=O) groups is 1. The topological polar surface area (TPSA) is 42.0 Å². The molecule has 1 heterocycles. The van der Waals surface area contributed by atoms with Crippen molar-refractivity contribution in [2.75, 3.05) is 6.54 Å². The molecule has 17 heavy (non-hydrogen) atoms. The number of pyridine rings is 1. The molecule has 0 radical (unpaired) electrons. The van der Waals surface area contributed by atoms with Gasteiger partial charge in [-0.25, -0.2) is 4.98 Å². The summed E-state index contributed by atoms with van der Waals surface area (Å²) in [5.41, 5.74) is 0.610. The Morgan fingerprint density at radius 1 is 1.47 bits per heavy atom. The molecule has 1 N–H and O–H groups in total. The zero-order valence-electron chi connectivity index (χ0n) is 9.79. The van der Waals surface area contributed by atoms with E-state index in [1.807, 2.05) is 0 Å². The Bertz CT molecular complexity index is 389. The summed E-state index contributed by atoms with van der Waals surface area (Å²) >= 11 is 3.28. The molecule has 0 spiro atoms. The highest BCUT2D eigenvalue weighted by molar-refractivity contribution is 9.10. The normalized spacial score (nSPS) is 16.1. The summed E-state index contributed by atoms with van der Waals surface area (Å²) in [6.45, 7) is 0.769. The number of hydrogen-bond donors (Lipinski definition) is 1. The van der Waals surface area contributed by atoms with Gasteiger partial charge in [0.2, 0.25) is 0 Å². The van der Waals surface area contributed by atoms with Crippen LogP contribution in [-0.4, -0.2) is 17.4 Å². The minimum atomic E-state index is -0.0389. The van der Waals surface area contributed by atoms with Gasteiger partial charge in [-0.2, -0.15) is 0 Å². The van der Waals surface area contributed by atoms with Crippen LogP contribution in [0.15, 0.2) is 22.9 Å². The Balaban J connectivity index is 1.79. The Kier molecular flexibility index (Phi) is 4.54. The van der Waals surface area contributed by atoms with Crippen molar-refractivity contribution in [1.29, 1.82) is 0 Å². The lowest BCUT2D eigenvalue weighted by atomic mass is 10.0. The zero-order chi connectivity index (χ0) is 12.1. The van der Waals surface area contributed by atoms with Crippen LogP contribution in [0, 0.1) is 5.92 Å². The van der Waals surface area contributed by atoms with E-state index in [2.05, 4.69) is 26.2 Å². The first-order valence-electron chi connectivity index (χ1n) is 6.16. The Labute approximate surface area is 110 Å². The highest BCUT2D eigenvalue weighted by Gasteiger charge is 2.15. The SMILES string of the molecule is O=C(NCCC1CCCC1)c1cccnc1Br. The van der Waals surface area contributed by atoms with E-state index in [-0.39, 0.29) is 5.91 Å². The van der Waals surface area contributed by atoms with E-state index in [4.69, 9.17) is 0 Å². The van der Waals surface area contributed by atoms with Crippen LogP contribution in [0.25, 0.3) is 0 Å². The van der Waals surface area contributed by atoms with Crippen LogP contribution in [0.5, 0.6) is 0 Å². The van der Waals surface area contributed by atoms with Crippen LogP contribution >= 0.6 is 15.9 Å². The molecule has 3 nitrogen and oxygen atoms in total. The van der Waals surface area contributed by atoms with Gasteiger partial charge in [-0.1, -0.05) is 25.7 Å². The monoisotopic (exact) mass is 296 g/mol. The number of amides is 1.